The maximum Gasteiger partial charge on any atom is 0.115 e. The zero-order chi connectivity index (χ0) is 11.8. The summed E-state index contributed by atoms with van der Waals surface area (Å²) >= 11 is 0. The normalized spacial score (nSPS) is 36.1. The van der Waals surface area contributed by atoms with Gasteiger partial charge in [0.25, 0.3) is 0 Å². The number of quaternary nitrogens is 1. The van der Waals surface area contributed by atoms with E-state index in [0.717, 1.165) is 18.7 Å². The van der Waals surface area contributed by atoms with Gasteiger partial charge in [0.2, 0.25) is 0 Å². The maximum atomic E-state index is 11.2. The van der Waals surface area contributed by atoms with Crippen LogP contribution in [0.25, 0.3) is 0 Å². The van der Waals surface area contributed by atoms with Crippen molar-refractivity contribution in [3.63, 3.8) is 0 Å². The van der Waals surface area contributed by atoms with E-state index in [1.54, 1.807) is 13.2 Å². The van der Waals surface area contributed by atoms with Crippen molar-refractivity contribution >= 4 is 0 Å². The fraction of sp³-hybridized carbons (Fsp3) is 0.833. The molecule has 92 valence electrons. The zero-order valence-corrected chi connectivity index (χ0v) is 10.5. The third-order valence-electron chi connectivity index (χ3n) is 3.88. The van der Waals surface area contributed by atoms with Gasteiger partial charge in [0.1, 0.15) is 6.20 Å². The molecule has 1 saturated heterocycles. The Morgan fingerprint density at radius 1 is 1.62 bits per heavy atom. The highest BCUT2D eigenvalue weighted by atomic mass is 16.5. The Bertz CT molecular complexity index is 284. The van der Waals surface area contributed by atoms with Gasteiger partial charge in [0.15, 0.2) is 0 Å². The van der Waals surface area contributed by atoms with Crippen LogP contribution in [0.5, 0.6) is 0 Å². The lowest BCUT2D eigenvalue weighted by Gasteiger charge is -2.18. The quantitative estimate of drug-likeness (QED) is 0.589. The summed E-state index contributed by atoms with van der Waals surface area (Å²) in [5.74, 6) is 0. The van der Waals surface area contributed by atoms with Crippen LogP contribution in [-0.4, -0.2) is 25.7 Å². The highest BCUT2D eigenvalue weighted by molar-refractivity contribution is 5.18. The summed E-state index contributed by atoms with van der Waals surface area (Å²) in [4.78, 5) is 0. The van der Waals surface area contributed by atoms with E-state index in [1.165, 1.54) is 12.8 Å². The van der Waals surface area contributed by atoms with Crippen LogP contribution in [0, 0.1) is 10.6 Å². The number of likely N-dealkylation sites (N-methyl/N-ethyl adjacent to an activating group) is 1. The number of hydroxylamine groups is 2. The predicted octanol–water partition coefficient (Wildman–Crippen LogP) is -0.0196. The Labute approximate surface area is 97.7 Å². The molecule has 3 N–H and O–H groups in total. The molecule has 1 aliphatic heterocycles. The highest BCUT2D eigenvalue weighted by Crippen LogP contribution is 2.51. The van der Waals surface area contributed by atoms with Crippen LogP contribution in [-0.2, 0) is 0 Å². The Hall–Kier alpha value is -0.580. The molecule has 0 aromatic carbocycles. The minimum Gasteiger partial charge on any atom is -0.629 e. The lowest BCUT2D eigenvalue weighted by atomic mass is 9.96. The van der Waals surface area contributed by atoms with Crippen LogP contribution in [0.4, 0.5) is 0 Å². The van der Waals surface area contributed by atoms with Gasteiger partial charge in [-0.05, 0) is 31.2 Å². The van der Waals surface area contributed by atoms with Crippen LogP contribution < -0.4 is 15.7 Å². The van der Waals surface area contributed by atoms with E-state index in [9.17, 15) is 5.21 Å². The summed E-state index contributed by atoms with van der Waals surface area (Å²) in [5, 5.41) is 18.3. The summed E-state index contributed by atoms with van der Waals surface area (Å²) in [7, 11) is 1.61. The van der Waals surface area contributed by atoms with Crippen molar-refractivity contribution in [1.82, 2.24) is 10.6 Å². The van der Waals surface area contributed by atoms with Gasteiger partial charge in [-0.25, -0.2) is 0 Å². The fourth-order valence-corrected chi connectivity index (χ4v) is 2.53. The molecule has 0 amide bonds. The van der Waals surface area contributed by atoms with Gasteiger partial charge in [0, 0.05) is 6.04 Å². The third-order valence-corrected chi connectivity index (χ3v) is 3.88. The molecule has 1 saturated carbocycles. The molecular weight excluding hydrogens is 202 g/mol. The third kappa shape index (κ3) is 2.39. The van der Waals surface area contributed by atoms with E-state index in [0.29, 0.717) is 17.5 Å². The SMILES string of the molecule is CCN[C@@H]1C[C@@H](C2(C)CC2)N/C1=C\[NH+](C)[O-]. The first-order chi connectivity index (χ1) is 7.55. The van der Waals surface area contributed by atoms with Crippen LogP contribution in [0.15, 0.2) is 11.9 Å². The zero-order valence-electron chi connectivity index (χ0n) is 10.5. The Morgan fingerprint density at radius 3 is 2.81 bits per heavy atom. The molecule has 1 unspecified atom stereocenters. The second-order valence-corrected chi connectivity index (χ2v) is 5.41. The van der Waals surface area contributed by atoms with Gasteiger partial charge >= 0.3 is 0 Å². The van der Waals surface area contributed by atoms with E-state index in [2.05, 4.69) is 24.5 Å². The van der Waals surface area contributed by atoms with E-state index in [-0.39, 0.29) is 5.06 Å². The molecule has 4 nitrogen and oxygen atoms in total. The van der Waals surface area contributed by atoms with Gasteiger partial charge < -0.3 is 20.9 Å². The Kier molecular flexibility index (Phi) is 3.24. The molecule has 16 heavy (non-hydrogen) atoms. The molecule has 1 aliphatic carbocycles. The number of rotatable bonds is 4. The van der Waals surface area contributed by atoms with Crippen LogP contribution >= 0.6 is 0 Å². The van der Waals surface area contributed by atoms with Gasteiger partial charge in [-0.15, -0.1) is 0 Å². The second-order valence-electron chi connectivity index (χ2n) is 5.41. The molecular formula is C12H23N3O. The second kappa shape index (κ2) is 4.35. The van der Waals surface area contributed by atoms with Crippen molar-refractivity contribution in [3.05, 3.63) is 17.1 Å². The molecule has 0 bridgehead atoms. The molecule has 1 heterocycles. The maximum absolute atomic E-state index is 11.2. The summed E-state index contributed by atoms with van der Waals surface area (Å²) in [6, 6.07) is 0.887. The van der Waals surface area contributed by atoms with Crippen molar-refractivity contribution in [2.75, 3.05) is 13.6 Å². The first-order valence-electron chi connectivity index (χ1n) is 6.27. The Balaban J connectivity index is 2.05. The van der Waals surface area contributed by atoms with Gasteiger partial charge in [-0.3, -0.25) is 0 Å². The van der Waals surface area contributed by atoms with Gasteiger partial charge in [-0.2, -0.15) is 0 Å². The lowest BCUT2D eigenvalue weighted by molar-refractivity contribution is -0.767. The van der Waals surface area contributed by atoms with Crippen molar-refractivity contribution < 1.29 is 5.06 Å². The van der Waals surface area contributed by atoms with Crippen LogP contribution in [0.3, 0.4) is 0 Å². The smallest absolute Gasteiger partial charge is 0.115 e. The number of hydrogen-bond acceptors (Lipinski definition) is 3. The first kappa shape index (κ1) is 11.9. The van der Waals surface area contributed by atoms with Crippen molar-refractivity contribution in [2.45, 2.75) is 45.2 Å². The summed E-state index contributed by atoms with van der Waals surface area (Å²) in [6.07, 6.45) is 5.50. The predicted molar refractivity (Wildman–Crippen MR) is 64.7 cm³/mol. The molecule has 0 spiro atoms. The minimum absolute atomic E-state index is 0.131. The van der Waals surface area contributed by atoms with Gasteiger partial charge in [0.05, 0.1) is 18.8 Å². The molecule has 3 atom stereocenters. The molecule has 0 aromatic heterocycles. The topological polar surface area (TPSA) is 51.6 Å². The van der Waals surface area contributed by atoms with E-state index in [1.807, 2.05) is 0 Å². The molecule has 2 rings (SSSR count). The van der Waals surface area contributed by atoms with Crippen molar-refractivity contribution in [1.29, 1.82) is 0 Å². The summed E-state index contributed by atoms with van der Waals surface area (Å²) < 4.78 is 0. The molecule has 2 fully saturated rings. The van der Waals surface area contributed by atoms with E-state index in [4.69, 9.17) is 0 Å². The average Bonchev–Trinajstić information content (AvgIpc) is 2.82. The van der Waals surface area contributed by atoms with E-state index >= 15 is 0 Å². The number of nitrogens with one attached hydrogen (secondary N) is 3. The molecule has 0 radical (unpaired) electrons. The first-order valence-corrected chi connectivity index (χ1v) is 6.27. The standard InChI is InChI=1S/C12H23N3O/c1-4-13-9-7-11(12(2)5-6-12)14-10(9)8-15(3)16/h8-9,11,13-15H,4-7H2,1-3H3/b10-8-/t9-,11+/m1/s1. The highest BCUT2D eigenvalue weighted by Gasteiger charge is 2.48. The monoisotopic (exact) mass is 225 g/mol. The molecule has 2 aliphatic rings. The summed E-state index contributed by atoms with van der Waals surface area (Å²) in [6.45, 7) is 5.40. The van der Waals surface area contributed by atoms with Crippen molar-refractivity contribution in [3.8, 4) is 0 Å². The van der Waals surface area contributed by atoms with E-state index < -0.39 is 0 Å². The minimum atomic E-state index is 0.131. The van der Waals surface area contributed by atoms with Crippen LogP contribution in [0.1, 0.15) is 33.1 Å². The van der Waals surface area contributed by atoms with Gasteiger partial charge in [-0.1, -0.05) is 13.8 Å². The number of hydrogen-bond donors (Lipinski definition) is 3. The largest absolute Gasteiger partial charge is 0.629 e. The average molecular weight is 225 g/mol. The molecule has 0 aromatic rings. The van der Waals surface area contributed by atoms with Crippen molar-refractivity contribution in [2.24, 2.45) is 5.41 Å². The Morgan fingerprint density at radius 2 is 2.31 bits per heavy atom. The lowest BCUT2D eigenvalue weighted by Crippen LogP contribution is -2.98. The molecule has 4 heteroatoms. The van der Waals surface area contributed by atoms with Crippen LogP contribution in [0.2, 0.25) is 0 Å². The summed E-state index contributed by atoms with van der Waals surface area (Å²) in [5.41, 5.74) is 1.56. The fourth-order valence-electron chi connectivity index (χ4n) is 2.53.